The van der Waals surface area contributed by atoms with Gasteiger partial charge >= 0.3 is 0 Å². The van der Waals surface area contributed by atoms with Gasteiger partial charge in [0.2, 0.25) is 0 Å². The molecule has 0 spiro atoms. The van der Waals surface area contributed by atoms with Crippen molar-refractivity contribution < 1.29 is 9.47 Å². The first-order valence-corrected chi connectivity index (χ1v) is 6.27. The van der Waals surface area contributed by atoms with E-state index in [9.17, 15) is 0 Å². The second kappa shape index (κ2) is 5.92. The Labute approximate surface area is 103 Å². The van der Waals surface area contributed by atoms with Gasteiger partial charge in [-0.15, -0.1) is 0 Å². The zero-order valence-corrected chi connectivity index (χ0v) is 10.7. The van der Waals surface area contributed by atoms with Crippen LogP contribution in [0, 0.1) is 0 Å². The second-order valence-corrected chi connectivity index (χ2v) is 4.49. The Morgan fingerprint density at radius 1 is 1.06 bits per heavy atom. The molecule has 0 aliphatic carbocycles. The highest BCUT2D eigenvalue weighted by Crippen LogP contribution is 2.31. The Kier molecular flexibility index (Phi) is 4.26. The number of hydrogen-bond donors (Lipinski definition) is 0. The monoisotopic (exact) mass is 235 g/mol. The molecule has 0 amide bonds. The Balaban J connectivity index is 2.13. The molecule has 1 heterocycles. The average Bonchev–Trinajstić information content (AvgIpc) is 2.39. The number of benzene rings is 1. The maximum absolute atomic E-state index is 5.46. The third kappa shape index (κ3) is 2.91. The largest absolute Gasteiger partial charge is 0.493 e. The smallest absolute Gasteiger partial charge is 0.165 e. The van der Waals surface area contributed by atoms with Crippen molar-refractivity contribution in [2.45, 2.75) is 25.8 Å². The van der Waals surface area contributed by atoms with Crippen LogP contribution in [0.15, 0.2) is 18.2 Å². The molecule has 0 saturated carbocycles. The van der Waals surface area contributed by atoms with E-state index < -0.39 is 0 Å². The van der Waals surface area contributed by atoms with Crippen molar-refractivity contribution in [3.8, 4) is 11.5 Å². The minimum absolute atomic E-state index is 0.821. The Bertz CT molecular complexity index is 359. The summed E-state index contributed by atoms with van der Waals surface area (Å²) in [5, 5.41) is 0. The molecular weight excluding hydrogens is 214 g/mol. The fourth-order valence-corrected chi connectivity index (χ4v) is 2.44. The van der Waals surface area contributed by atoms with Gasteiger partial charge in [-0.05, 0) is 32.0 Å². The number of nitrogens with zero attached hydrogens (tertiary/aromatic N) is 1. The number of likely N-dealkylation sites (tertiary alicyclic amines) is 1. The third-order valence-electron chi connectivity index (χ3n) is 3.33. The van der Waals surface area contributed by atoms with Crippen LogP contribution in [-0.4, -0.2) is 32.2 Å². The van der Waals surface area contributed by atoms with Crippen molar-refractivity contribution in [3.05, 3.63) is 23.8 Å². The van der Waals surface area contributed by atoms with Crippen LogP contribution in [0.5, 0.6) is 11.5 Å². The molecule has 1 fully saturated rings. The number of methoxy groups -OCH3 is 2. The molecule has 0 atom stereocenters. The van der Waals surface area contributed by atoms with E-state index in [2.05, 4.69) is 11.0 Å². The maximum atomic E-state index is 5.46. The van der Waals surface area contributed by atoms with Crippen molar-refractivity contribution >= 4 is 0 Å². The Hall–Kier alpha value is -1.22. The van der Waals surface area contributed by atoms with Gasteiger partial charge in [-0.1, -0.05) is 18.6 Å². The molecule has 94 valence electrons. The number of piperidine rings is 1. The van der Waals surface area contributed by atoms with Crippen LogP contribution in [0.4, 0.5) is 0 Å². The van der Waals surface area contributed by atoms with E-state index in [1.54, 1.807) is 14.2 Å². The summed E-state index contributed by atoms with van der Waals surface area (Å²) in [6.07, 6.45) is 3.99. The minimum Gasteiger partial charge on any atom is -0.493 e. The van der Waals surface area contributed by atoms with Crippen LogP contribution in [0.3, 0.4) is 0 Å². The first-order chi connectivity index (χ1) is 8.35. The molecule has 0 radical (unpaired) electrons. The molecule has 1 aromatic rings. The molecule has 0 N–H and O–H groups in total. The lowest BCUT2D eigenvalue weighted by Gasteiger charge is -2.27. The molecule has 17 heavy (non-hydrogen) atoms. The summed E-state index contributed by atoms with van der Waals surface area (Å²) in [5.41, 5.74) is 1.22. The summed E-state index contributed by atoms with van der Waals surface area (Å²) in [7, 11) is 3.39. The topological polar surface area (TPSA) is 21.7 Å². The quantitative estimate of drug-likeness (QED) is 0.801. The normalized spacial score (nSPS) is 16.8. The maximum Gasteiger partial charge on any atom is 0.165 e. The average molecular weight is 235 g/mol. The van der Waals surface area contributed by atoms with Gasteiger partial charge in [0.1, 0.15) is 0 Å². The third-order valence-corrected chi connectivity index (χ3v) is 3.33. The van der Waals surface area contributed by atoms with Gasteiger partial charge in [-0.25, -0.2) is 0 Å². The Morgan fingerprint density at radius 2 is 1.82 bits per heavy atom. The molecule has 0 unspecified atom stereocenters. The van der Waals surface area contributed by atoms with Gasteiger partial charge in [0, 0.05) is 12.1 Å². The van der Waals surface area contributed by atoms with Crippen molar-refractivity contribution in [2.75, 3.05) is 27.3 Å². The van der Waals surface area contributed by atoms with Crippen LogP contribution >= 0.6 is 0 Å². The van der Waals surface area contributed by atoms with Crippen LogP contribution in [-0.2, 0) is 6.54 Å². The van der Waals surface area contributed by atoms with Gasteiger partial charge < -0.3 is 9.47 Å². The number of hydrogen-bond acceptors (Lipinski definition) is 3. The minimum atomic E-state index is 0.821. The van der Waals surface area contributed by atoms with E-state index in [1.807, 2.05) is 12.1 Å². The molecular formula is C14H21NO2. The van der Waals surface area contributed by atoms with Gasteiger partial charge in [0.05, 0.1) is 14.2 Å². The fraction of sp³-hybridized carbons (Fsp3) is 0.571. The molecule has 1 saturated heterocycles. The van der Waals surface area contributed by atoms with Gasteiger partial charge in [0.25, 0.3) is 0 Å². The van der Waals surface area contributed by atoms with E-state index in [1.165, 1.54) is 37.9 Å². The van der Waals surface area contributed by atoms with Crippen LogP contribution < -0.4 is 9.47 Å². The first kappa shape index (κ1) is 12.2. The predicted molar refractivity (Wildman–Crippen MR) is 68.7 cm³/mol. The van der Waals surface area contributed by atoms with E-state index >= 15 is 0 Å². The number of ether oxygens (including phenoxy) is 2. The summed E-state index contributed by atoms with van der Waals surface area (Å²) >= 11 is 0. The van der Waals surface area contributed by atoms with E-state index in [-0.39, 0.29) is 0 Å². The molecule has 2 rings (SSSR count). The molecule has 3 heteroatoms. The molecule has 0 bridgehead atoms. The second-order valence-electron chi connectivity index (χ2n) is 4.49. The van der Waals surface area contributed by atoms with Crippen LogP contribution in [0.25, 0.3) is 0 Å². The van der Waals surface area contributed by atoms with E-state index in [0.29, 0.717) is 0 Å². The molecule has 1 aliphatic heterocycles. The van der Waals surface area contributed by atoms with Crippen molar-refractivity contribution in [1.82, 2.24) is 4.90 Å². The summed E-state index contributed by atoms with van der Waals surface area (Å²) in [5.74, 6) is 1.70. The van der Waals surface area contributed by atoms with Gasteiger partial charge in [0.15, 0.2) is 11.5 Å². The summed E-state index contributed by atoms with van der Waals surface area (Å²) in [4.78, 5) is 2.49. The zero-order chi connectivity index (χ0) is 12.1. The standard InChI is InChI=1S/C14H21NO2/c1-16-13-8-6-7-12(14(13)17-2)11-15-9-4-3-5-10-15/h6-8H,3-5,9-11H2,1-2H3. The molecule has 1 aromatic carbocycles. The summed E-state index contributed by atoms with van der Waals surface area (Å²) < 4.78 is 10.8. The lowest BCUT2D eigenvalue weighted by Crippen LogP contribution is -2.29. The SMILES string of the molecule is COc1cccc(CN2CCCCC2)c1OC. The summed E-state index contributed by atoms with van der Waals surface area (Å²) in [6, 6.07) is 6.09. The lowest BCUT2D eigenvalue weighted by molar-refractivity contribution is 0.217. The van der Waals surface area contributed by atoms with Gasteiger partial charge in [-0.2, -0.15) is 0 Å². The van der Waals surface area contributed by atoms with Crippen molar-refractivity contribution in [3.63, 3.8) is 0 Å². The van der Waals surface area contributed by atoms with Crippen molar-refractivity contribution in [1.29, 1.82) is 0 Å². The van der Waals surface area contributed by atoms with Crippen molar-refractivity contribution in [2.24, 2.45) is 0 Å². The van der Waals surface area contributed by atoms with Gasteiger partial charge in [-0.3, -0.25) is 4.90 Å². The van der Waals surface area contributed by atoms with E-state index in [0.717, 1.165) is 18.0 Å². The number of para-hydroxylation sites is 1. The van der Waals surface area contributed by atoms with Crippen LogP contribution in [0.1, 0.15) is 24.8 Å². The summed E-state index contributed by atoms with van der Waals surface area (Å²) in [6.45, 7) is 3.35. The predicted octanol–water partition coefficient (Wildman–Crippen LogP) is 2.69. The zero-order valence-electron chi connectivity index (χ0n) is 10.7. The molecule has 0 aromatic heterocycles. The van der Waals surface area contributed by atoms with E-state index in [4.69, 9.17) is 9.47 Å². The molecule has 1 aliphatic rings. The number of rotatable bonds is 4. The highest BCUT2D eigenvalue weighted by atomic mass is 16.5. The lowest BCUT2D eigenvalue weighted by atomic mass is 10.1. The fourth-order valence-electron chi connectivity index (χ4n) is 2.44. The Morgan fingerprint density at radius 3 is 2.47 bits per heavy atom. The highest BCUT2D eigenvalue weighted by molar-refractivity contribution is 5.46. The van der Waals surface area contributed by atoms with Crippen LogP contribution in [0.2, 0.25) is 0 Å². The highest BCUT2D eigenvalue weighted by Gasteiger charge is 2.15. The molecule has 3 nitrogen and oxygen atoms in total. The first-order valence-electron chi connectivity index (χ1n) is 6.27.